The normalized spacial score (nSPS) is 16.4. The summed E-state index contributed by atoms with van der Waals surface area (Å²) < 4.78 is 3.73. The van der Waals surface area contributed by atoms with Crippen LogP contribution in [0.2, 0.25) is 0 Å². The first-order chi connectivity index (χ1) is 10.4. The van der Waals surface area contributed by atoms with Crippen LogP contribution < -0.4 is 0 Å². The van der Waals surface area contributed by atoms with E-state index in [1.54, 1.807) is 16.4 Å². The molecule has 0 spiro atoms. The first-order valence-electron chi connectivity index (χ1n) is 7.40. The minimum Gasteiger partial charge on any atom is -0.394 e. The van der Waals surface area contributed by atoms with Crippen molar-refractivity contribution in [2.24, 2.45) is 0 Å². The molecule has 21 heavy (non-hydrogen) atoms. The molecule has 1 saturated carbocycles. The summed E-state index contributed by atoms with van der Waals surface area (Å²) in [6.45, 7) is 0.459. The van der Waals surface area contributed by atoms with Gasteiger partial charge < -0.3 is 5.11 Å². The Balaban J connectivity index is 1.58. The Morgan fingerprint density at radius 1 is 1.29 bits per heavy atom. The molecule has 0 bridgehead atoms. The van der Waals surface area contributed by atoms with Crippen LogP contribution in [0.3, 0.4) is 0 Å². The van der Waals surface area contributed by atoms with E-state index in [9.17, 15) is 0 Å². The second-order valence-electron chi connectivity index (χ2n) is 5.28. The molecule has 3 rings (SSSR count). The van der Waals surface area contributed by atoms with Crippen molar-refractivity contribution < 1.29 is 5.11 Å². The van der Waals surface area contributed by atoms with Gasteiger partial charge in [0.2, 0.25) is 5.16 Å². The van der Waals surface area contributed by atoms with Crippen molar-refractivity contribution in [2.75, 3.05) is 6.61 Å². The van der Waals surface area contributed by atoms with Gasteiger partial charge in [-0.3, -0.25) is 4.68 Å². The van der Waals surface area contributed by atoms with Crippen molar-refractivity contribution in [1.29, 1.82) is 0 Å². The van der Waals surface area contributed by atoms with E-state index in [1.165, 1.54) is 32.1 Å². The minimum atomic E-state index is 0.0366. The fourth-order valence-electron chi connectivity index (χ4n) is 2.68. The van der Waals surface area contributed by atoms with Gasteiger partial charge >= 0.3 is 0 Å². The number of hydrogen-bond acceptors (Lipinski definition) is 6. The standard InChI is InChI=1S/C13H20N6OS/c20-9-8-19-13(14-16-17-19)21-10-11-6-7-18(15-11)12-4-2-1-3-5-12/h6-7,12,20H,1-5,8-10H2. The Hall–Kier alpha value is -1.41. The van der Waals surface area contributed by atoms with Crippen LogP contribution in [-0.2, 0) is 12.3 Å². The summed E-state index contributed by atoms with van der Waals surface area (Å²) in [5.74, 6) is 0.742. The van der Waals surface area contributed by atoms with Crippen LogP contribution in [-0.4, -0.2) is 41.7 Å². The maximum atomic E-state index is 8.95. The summed E-state index contributed by atoms with van der Waals surface area (Å²) in [7, 11) is 0. The second kappa shape index (κ2) is 7.04. The number of tetrazole rings is 1. The van der Waals surface area contributed by atoms with Crippen LogP contribution in [0.15, 0.2) is 17.4 Å². The fraction of sp³-hybridized carbons (Fsp3) is 0.692. The summed E-state index contributed by atoms with van der Waals surface area (Å²) in [6, 6.07) is 2.64. The lowest BCUT2D eigenvalue weighted by molar-refractivity contribution is 0.262. The molecule has 0 amide bonds. The van der Waals surface area contributed by atoms with Crippen molar-refractivity contribution in [2.45, 2.75) is 55.6 Å². The van der Waals surface area contributed by atoms with Gasteiger partial charge in [0.1, 0.15) is 0 Å². The van der Waals surface area contributed by atoms with Gasteiger partial charge in [-0.2, -0.15) is 5.10 Å². The zero-order valence-corrected chi connectivity index (χ0v) is 12.7. The van der Waals surface area contributed by atoms with Gasteiger partial charge in [0, 0.05) is 11.9 Å². The van der Waals surface area contributed by atoms with Gasteiger partial charge in [-0.1, -0.05) is 31.0 Å². The number of thioether (sulfide) groups is 1. The highest BCUT2D eigenvalue weighted by atomic mass is 32.2. The molecule has 8 heteroatoms. The van der Waals surface area contributed by atoms with E-state index in [-0.39, 0.29) is 6.61 Å². The van der Waals surface area contributed by atoms with Crippen LogP contribution >= 0.6 is 11.8 Å². The first kappa shape index (κ1) is 14.5. The molecule has 114 valence electrons. The Morgan fingerprint density at radius 2 is 2.14 bits per heavy atom. The highest BCUT2D eigenvalue weighted by molar-refractivity contribution is 7.98. The summed E-state index contributed by atoms with van der Waals surface area (Å²) in [5.41, 5.74) is 1.05. The van der Waals surface area contributed by atoms with Gasteiger partial charge in [0.05, 0.1) is 24.9 Å². The van der Waals surface area contributed by atoms with Crippen LogP contribution in [0.1, 0.15) is 43.8 Å². The van der Waals surface area contributed by atoms with Crippen molar-refractivity contribution >= 4 is 11.8 Å². The first-order valence-corrected chi connectivity index (χ1v) is 8.39. The maximum Gasteiger partial charge on any atom is 0.209 e. The Morgan fingerprint density at radius 3 is 2.95 bits per heavy atom. The third-order valence-electron chi connectivity index (χ3n) is 3.77. The molecule has 0 unspecified atom stereocenters. The van der Waals surface area contributed by atoms with E-state index in [2.05, 4.69) is 37.6 Å². The van der Waals surface area contributed by atoms with Gasteiger partial charge in [-0.25, -0.2) is 4.68 Å². The van der Waals surface area contributed by atoms with E-state index in [4.69, 9.17) is 5.11 Å². The molecule has 1 aliphatic carbocycles. The van der Waals surface area contributed by atoms with Gasteiger partial charge in [-0.15, -0.1) is 5.10 Å². The molecule has 0 saturated heterocycles. The molecular formula is C13H20N6OS. The van der Waals surface area contributed by atoms with Crippen molar-refractivity contribution in [3.63, 3.8) is 0 Å². The highest BCUT2D eigenvalue weighted by Crippen LogP contribution is 2.28. The molecule has 0 aliphatic heterocycles. The predicted octanol–water partition coefficient (Wildman–Crippen LogP) is 1.66. The lowest BCUT2D eigenvalue weighted by atomic mass is 9.96. The third-order valence-corrected chi connectivity index (χ3v) is 4.76. The number of aliphatic hydroxyl groups is 1. The average Bonchev–Trinajstić information content (AvgIpc) is 3.16. The Kier molecular flexibility index (Phi) is 4.87. The summed E-state index contributed by atoms with van der Waals surface area (Å²) in [6.07, 6.45) is 8.54. The number of rotatable bonds is 6. The topological polar surface area (TPSA) is 81.6 Å². The molecule has 1 aliphatic rings. The zero-order valence-electron chi connectivity index (χ0n) is 11.9. The molecule has 0 aromatic carbocycles. The molecule has 1 fully saturated rings. The Labute approximate surface area is 127 Å². The monoisotopic (exact) mass is 308 g/mol. The minimum absolute atomic E-state index is 0.0366. The number of aromatic nitrogens is 6. The van der Waals surface area contributed by atoms with Gasteiger partial charge in [0.15, 0.2) is 0 Å². The number of hydrogen-bond donors (Lipinski definition) is 1. The van der Waals surface area contributed by atoms with E-state index in [0.29, 0.717) is 12.6 Å². The van der Waals surface area contributed by atoms with Gasteiger partial charge in [-0.05, 0) is 29.3 Å². The third kappa shape index (κ3) is 3.62. The SMILES string of the molecule is OCCn1nnnc1SCc1ccn(C2CCCCC2)n1. The summed E-state index contributed by atoms with van der Waals surface area (Å²) in [4.78, 5) is 0. The molecule has 1 N–H and O–H groups in total. The van der Waals surface area contributed by atoms with Crippen molar-refractivity contribution in [3.05, 3.63) is 18.0 Å². The van der Waals surface area contributed by atoms with Crippen molar-refractivity contribution in [3.8, 4) is 0 Å². The second-order valence-corrected chi connectivity index (χ2v) is 6.22. The average molecular weight is 308 g/mol. The largest absolute Gasteiger partial charge is 0.394 e. The molecular weight excluding hydrogens is 288 g/mol. The van der Waals surface area contributed by atoms with Crippen molar-refractivity contribution in [1.82, 2.24) is 30.0 Å². The Bertz CT molecular complexity index is 563. The van der Waals surface area contributed by atoms with Crippen LogP contribution in [0.5, 0.6) is 0 Å². The molecule has 7 nitrogen and oxygen atoms in total. The van der Waals surface area contributed by atoms with Crippen LogP contribution in [0.4, 0.5) is 0 Å². The lowest BCUT2D eigenvalue weighted by Gasteiger charge is -2.21. The fourth-order valence-corrected chi connectivity index (χ4v) is 3.48. The molecule has 0 radical (unpaired) electrons. The van der Waals surface area contributed by atoms with E-state index in [1.807, 2.05) is 0 Å². The molecule has 2 aromatic rings. The smallest absolute Gasteiger partial charge is 0.209 e. The highest BCUT2D eigenvalue weighted by Gasteiger charge is 2.16. The van der Waals surface area contributed by atoms with E-state index >= 15 is 0 Å². The molecule has 0 atom stereocenters. The lowest BCUT2D eigenvalue weighted by Crippen LogP contribution is -2.13. The zero-order chi connectivity index (χ0) is 14.5. The maximum absolute atomic E-state index is 8.95. The predicted molar refractivity (Wildman–Crippen MR) is 78.8 cm³/mol. The van der Waals surface area contributed by atoms with Gasteiger partial charge in [0.25, 0.3) is 0 Å². The quantitative estimate of drug-likeness (QED) is 0.817. The van der Waals surface area contributed by atoms with E-state index in [0.717, 1.165) is 16.6 Å². The number of nitrogens with zero attached hydrogens (tertiary/aromatic N) is 6. The summed E-state index contributed by atoms with van der Waals surface area (Å²) in [5, 5.41) is 25.8. The van der Waals surface area contributed by atoms with Crippen LogP contribution in [0, 0.1) is 0 Å². The van der Waals surface area contributed by atoms with Crippen LogP contribution in [0.25, 0.3) is 0 Å². The molecule has 2 aromatic heterocycles. The molecule has 2 heterocycles. The van der Waals surface area contributed by atoms with E-state index < -0.39 is 0 Å². The summed E-state index contributed by atoms with van der Waals surface area (Å²) >= 11 is 1.55. The number of aliphatic hydroxyl groups excluding tert-OH is 1.